The van der Waals surface area contributed by atoms with Gasteiger partial charge in [0.1, 0.15) is 19.3 Å². The summed E-state index contributed by atoms with van der Waals surface area (Å²) in [7, 11) is -9.90. The summed E-state index contributed by atoms with van der Waals surface area (Å²) in [5.41, 5.74) is 0. The summed E-state index contributed by atoms with van der Waals surface area (Å²) in [4.78, 5) is 72.1. The second-order valence-corrected chi connectivity index (χ2v) is 26.8. The molecule has 0 aliphatic rings. The van der Waals surface area contributed by atoms with Crippen LogP contribution in [0.2, 0.25) is 0 Å². The Bertz CT molecular complexity index is 1740. The quantitative estimate of drug-likeness (QED) is 0.0169. The van der Waals surface area contributed by atoms with Gasteiger partial charge in [0.05, 0.1) is 26.4 Å². The number of carbonyl (C=O) groups excluding carboxylic acids is 4. The number of phosphoric ester groups is 2. The number of hydrogen-bond donors (Lipinski definition) is 3. The van der Waals surface area contributed by atoms with Crippen molar-refractivity contribution >= 4 is 39.5 Å². The molecular formula is C64H120O17P2. The lowest BCUT2D eigenvalue weighted by Crippen LogP contribution is -2.30. The minimum atomic E-state index is -4.95. The number of allylic oxidation sites excluding steroid dienone is 4. The Hall–Kier alpha value is -2.46. The van der Waals surface area contributed by atoms with Crippen molar-refractivity contribution in [3.8, 4) is 0 Å². The van der Waals surface area contributed by atoms with Crippen molar-refractivity contribution in [1.29, 1.82) is 0 Å². The third-order valence-electron chi connectivity index (χ3n) is 14.0. The number of esters is 4. The number of unbranched alkanes of at least 4 members (excludes halogenated alkanes) is 25. The lowest BCUT2D eigenvalue weighted by Gasteiger charge is -2.21. The second-order valence-electron chi connectivity index (χ2n) is 23.9. The molecule has 0 saturated heterocycles. The van der Waals surface area contributed by atoms with Crippen molar-refractivity contribution in [2.75, 3.05) is 39.6 Å². The van der Waals surface area contributed by atoms with Gasteiger partial charge in [-0.3, -0.25) is 37.3 Å². The molecule has 0 aliphatic carbocycles. The Morgan fingerprint density at radius 1 is 0.373 bits per heavy atom. The first kappa shape index (κ1) is 80.5. The molecule has 0 aromatic heterocycles. The van der Waals surface area contributed by atoms with Crippen molar-refractivity contribution in [2.45, 2.75) is 304 Å². The molecule has 0 spiro atoms. The molecule has 5 atom stereocenters. The molecular weight excluding hydrogens is 1100 g/mol. The Labute approximate surface area is 503 Å². The molecule has 0 bridgehead atoms. The summed E-state index contributed by atoms with van der Waals surface area (Å²) in [5, 5.41) is 10.5. The molecule has 0 saturated carbocycles. The molecule has 0 heterocycles. The molecule has 3 N–H and O–H groups in total. The van der Waals surface area contributed by atoms with Gasteiger partial charge in [-0.15, -0.1) is 0 Å². The summed E-state index contributed by atoms with van der Waals surface area (Å²) in [6.07, 6.45) is 38.9. The van der Waals surface area contributed by atoms with E-state index in [0.717, 1.165) is 116 Å². The van der Waals surface area contributed by atoms with Crippen LogP contribution in [0.15, 0.2) is 24.3 Å². The van der Waals surface area contributed by atoms with Gasteiger partial charge in [-0.2, -0.15) is 0 Å². The Morgan fingerprint density at radius 3 is 0.976 bits per heavy atom. The van der Waals surface area contributed by atoms with E-state index >= 15 is 0 Å². The molecule has 17 nitrogen and oxygen atoms in total. The Morgan fingerprint density at radius 2 is 0.651 bits per heavy atom. The Kier molecular flexibility index (Phi) is 53.3. The first-order chi connectivity index (χ1) is 39.7. The van der Waals surface area contributed by atoms with Gasteiger partial charge >= 0.3 is 39.5 Å². The molecule has 0 aromatic carbocycles. The summed E-state index contributed by atoms with van der Waals surface area (Å²) in [6.45, 7) is 11.5. The largest absolute Gasteiger partial charge is 0.472 e. The first-order valence-corrected chi connectivity index (χ1v) is 35.7. The van der Waals surface area contributed by atoms with E-state index < -0.39 is 97.5 Å². The van der Waals surface area contributed by atoms with Crippen LogP contribution in [-0.2, 0) is 65.4 Å². The maximum Gasteiger partial charge on any atom is 0.472 e. The van der Waals surface area contributed by atoms with Gasteiger partial charge in [0.15, 0.2) is 12.2 Å². The van der Waals surface area contributed by atoms with Crippen LogP contribution in [0, 0.1) is 17.8 Å². The van der Waals surface area contributed by atoms with Gasteiger partial charge in [-0.1, -0.05) is 233 Å². The SMILES string of the molecule is CCCCCC/C=C\C=C/CCCCCCCC(=O)OC[C@H](COP(=O)(O)OC[C@@H](O)COP(=O)(O)OC[C@@H](COC(=O)CCCCCCCCC(C)C)OC(=O)CCCCCCCCCC(C)C)OC(=O)CCCCCCCCC(C)C. The van der Waals surface area contributed by atoms with E-state index in [-0.39, 0.29) is 25.7 Å². The van der Waals surface area contributed by atoms with Crippen LogP contribution < -0.4 is 0 Å². The molecule has 0 fully saturated rings. The standard InChI is InChI=1S/C64H120O17P2/c1-8-9-10-11-12-13-14-15-16-17-18-19-22-31-38-45-61(66)74-51-60(81-64(69)48-41-34-27-25-30-37-44-57(6)7)54-79-83(72,73)77-50-58(65)49-76-82(70,71)78-53-59(52-75-62(67)46-39-32-26-24-29-36-43-56(4)5)80-63(68)47-40-33-23-20-21-28-35-42-55(2)3/h13-16,55-60,65H,8-12,17-54H2,1-7H3,(H,70,71)(H,72,73)/b14-13-,16-15-/t58-,59+,60+/m0/s1. The monoisotopic (exact) mass is 1220 g/mol. The summed E-state index contributed by atoms with van der Waals surface area (Å²) >= 11 is 0. The first-order valence-electron chi connectivity index (χ1n) is 32.7. The highest BCUT2D eigenvalue weighted by Gasteiger charge is 2.30. The fourth-order valence-corrected chi connectivity index (χ4v) is 10.5. The van der Waals surface area contributed by atoms with Crippen LogP contribution in [0.5, 0.6) is 0 Å². The zero-order valence-corrected chi connectivity index (χ0v) is 54.9. The van der Waals surface area contributed by atoms with E-state index in [4.69, 9.17) is 37.0 Å². The third-order valence-corrected chi connectivity index (χ3v) is 15.9. The summed E-state index contributed by atoms with van der Waals surface area (Å²) in [5.74, 6) is -0.137. The van der Waals surface area contributed by atoms with Gasteiger partial charge < -0.3 is 33.8 Å². The minimum absolute atomic E-state index is 0.0945. The number of ether oxygens (including phenoxy) is 4. The third kappa shape index (κ3) is 58.3. The highest BCUT2D eigenvalue weighted by Crippen LogP contribution is 2.45. The average Bonchev–Trinajstić information content (AvgIpc) is 3.44. The Balaban J connectivity index is 5.24. The van der Waals surface area contributed by atoms with Crippen LogP contribution in [0.1, 0.15) is 286 Å². The lowest BCUT2D eigenvalue weighted by atomic mass is 10.0. The maximum atomic E-state index is 13.0. The molecule has 0 radical (unpaired) electrons. The van der Waals surface area contributed by atoms with Crippen LogP contribution in [0.3, 0.4) is 0 Å². The number of phosphoric acid groups is 2. The van der Waals surface area contributed by atoms with Crippen molar-refractivity contribution < 1.29 is 80.2 Å². The van der Waals surface area contributed by atoms with E-state index in [0.29, 0.717) is 43.4 Å². The van der Waals surface area contributed by atoms with Gasteiger partial charge in [0.2, 0.25) is 0 Å². The fraction of sp³-hybridized carbons (Fsp3) is 0.875. The van der Waals surface area contributed by atoms with E-state index in [2.05, 4.69) is 72.8 Å². The van der Waals surface area contributed by atoms with E-state index in [1.165, 1.54) is 70.6 Å². The molecule has 0 aliphatic heterocycles. The predicted molar refractivity (Wildman–Crippen MR) is 330 cm³/mol. The lowest BCUT2D eigenvalue weighted by molar-refractivity contribution is -0.161. The van der Waals surface area contributed by atoms with Crippen LogP contribution >= 0.6 is 15.6 Å². The van der Waals surface area contributed by atoms with Crippen molar-refractivity contribution in [3.05, 3.63) is 24.3 Å². The van der Waals surface area contributed by atoms with Crippen molar-refractivity contribution in [2.24, 2.45) is 17.8 Å². The highest BCUT2D eigenvalue weighted by atomic mass is 31.2. The molecule has 19 heteroatoms. The molecule has 0 aromatic rings. The number of hydrogen-bond acceptors (Lipinski definition) is 15. The van der Waals surface area contributed by atoms with Crippen molar-refractivity contribution in [3.63, 3.8) is 0 Å². The van der Waals surface area contributed by atoms with Crippen LogP contribution in [0.25, 0.3) is 0 Å². The number of aliphatic hydroxyl groups is 1. The molecule has 488 valence electrons. The summed E-state index contributed by atoms with van der Waals surface area (Å²) < 4.78 is 67.8. The van der Waals surface area contributed by atoms with Crippen molar-refractivity contribution in [1.82, 2.24) is 0 Å². The van der Waals surface area contributed by atoms with Crippen LogP contribution in [0.4, 0.5) is 0 Å². The maximum absolute atomic E-state index is 13.0. The highest BCUT2D eigenvalue weighted by molar-refractivity contribution is 7.47. The molecule has 83 heavy (non-hydrogen) atoms. The second kappa shape index (κ2) is 54.9. The zero-order chi connectivity index (χ0) is 61.7. The summed E-state index contributed by atoms with van der Waals surface area (Å²) in [6, 6.07) is 0. The van der Waals surface area contributed by atoms with E-state index in [1.807, 2.05) is 0 Å². The van der Waals surface area contributed by atoms with E-state index in [9.17, 15) is 43.2 Å². The number of carbonyl (C=O) groups is 4. The minimum Gasteiger partial charge on any atom is -0.462 e. The normalized spacial score (nSPS) is 14.6. The average molecular weight is 1220 g/mol. The van der Waals surface area contributed by atoms with Gasteiger partial charge in [0, 0.05) is 25.7 Å². The van der Waals surface area contributed by atoms with Gasteiger partial charge in [-0.05, 0) is 69.1 Å². The topological polar surface area (TPSA) is 237 Å². The number of rotatable bonds is 60. The molecule has 0 rings (SSSR count). The van der Waals surface area contributed by atoms with Crippen LogP contribution in [-0.4, -0.2) is 96.7 Å². The smallest absolute Gasteiger partial charge is 0.462 e. The fourth-order valence-electron chi connectivity index (χ4n) is 8.94. The predicted octanol–water partition coefficient (Wildman–Crippen LogP) is 17.1. The zero-order valence-electron chi connectivity index (χ0n) is 53.1. The van der Waals surface area contributed by atoms with Gasteiger partial charge in [0.25, 0.3) is 0 Å². The van der Waals surface area contributed by atoms with E-state index in [1.54, 1.807) is 0 Å². The molecule has 0 amide bonds. The number of aliphatic hydroxyl groups excluding tert-OH is 1. The van der Waals surface area contributed by atoms with Gasteiger partial charge in [-0.25, -0.2) is 9.13 Å². The molecule has 2 unspecified atom stereocenters.